The SMILES string of the molecule is COc1ncccc1C1=Cc2c(N[C@H](C)c3cccc(C(F)F)c3F)ncnc2N(C)C1. The Hall–Kier alpha value is -3.62. The van der Waals surface area contributed by atoms with Gasteiger partial charge in [-0.05, 0) is 30.7 Å². The van der Waals surface area contributed by atoms with E-state index in [0.717, 1.165) is 17.2 Å². The number of benzene rings is 1. The van der Waals surface area contributed by atoms with Crippen LogP contribution in [0, 0.1) is 5.82 Å². The van der Waals surface area contributed by atoms with Crippen LogP contribution in [0.5, 0.6) is 5.88 Å². The van der Waals surface area contributed by atoms with Crippen LogP contribution < -0.4 is 15.0 Å². The highest BCUT2D eigenvalue weighted by atomic mass is 19.3. The maximum atomic E-state index is 14.7. The lowest BCUT2D eigenvalue weighted by Gasteiger charge is -2.28. The zero-order chi connectivity index (χ0) is 22.8. The Kier molecular flexibility index (Phi) is 5.98. The Bertz CT molecular complexity index is 1170. The number of halogens is 3. The van der Waals surface area contributed by atoms with E-state index >= 15 is 0 Å². The van der Waals surface area contributed by atoms with Crippen molar-refractivity contribution in [2.45, 2.75) is 19.4 Å². The monoisotopic (exact) mass is 441 g/mol. The summed E-state index contributed by atoms with van der Waals surface area (Å²) in [4.78, 5) is 14.9. The lowest BCUT2D eigenvalue weighted by molar-refractivity contribution is 0.146. The van der Waals surface area contributed by atoms with Gasteiger partial charge in [-0.3, -0.25) is 0 Å². The van der Waals surface area contributed by atoms with Crippen molar-refractivity contribution < 1.29 is 17.9 Å². The van der Waals surface area contributed by atoms with Gasteiger partial charge in [0, 0.05) is 30.9 Å². The lowest BCUT2D eigenvalue weighted by Crippen LogP contribution is -2.26. The molecule has 0 unspecified atom stereocenters. The first-order valence-electron chi connectivity index (χ1n) is 9.99. The molecule has 9 heteroatoms. The number of aromatic nitrogens is 3. The van der Waals surface area contributed by atoms with Crippen molar-refractivity contribution >= 4 is 23.3 Å². The van der Waals surface area contributed by atoms with Crippen LogP contribution >= 0.6 is 0 Å². The molecule has 4 rings (SSSR count). The maximum Gasteiger partial charge on any atom is 0.266 e. The summed E-state index contributed by atoms with van der Waals surface area (Å²) in [5, 5.41) is 3.16. The topological polar surface area (TPSA) is 63.2 Å². The van der Waals surface area contributed by atoms with Crippen LogP contribution in [0.25, 0.3) is 11.6 Å². The second-order valence-electron chi connectivity index (χ2n) is 7.46. The van der Waals surface area contributed by atoms with E-state index in [4.69, 9.17) is 4.74 Å². The molecule has 0 aliphatic carbocycles. The largest absolute Gasteiger partial charge is 0.481 e. The second kappa shape index (κ2) is 8.86. The van der Waals surface area contributed by atoms with Gasteiger partial charge in [0.2, 0.25) is 5.88 Å². The normalized spacial score (nSPS) is 14.1. The van der Waals surface area contributed by atoms with Crippen molar-refractivity contribution in [3.63, 3.8) is 0 Å². The lowest BCUT2D eigenvalue weighted by atomic mass is 9.99. The predicted molar refractivity (Wildman–Crippen MR) is 117 cm³/mol. The van der Waals surface area contributed by atoms with Crippen molar-refractivity contribution in [3.8, 4) is 5.88 Å². The van der Waals surface area contributed by atoms with Gasteiger partial charge in [-0.2, -0.15) is 0 Å². The Balaban J connectivity index is 1.73. The molecule has 3 aromatic rings. The van der Waals surface area contributed by atoms with E-state index in [2.05, 4.69) is 20.3 Å². The molecule has 0 spiro atoms. The van der Waals surface area contributed by atoms with Crippen molar-refractivity contribution in [2.24, 2.45) is 0 Å². The average Bonchev–Trinajstić information content (AvgIpc) is 2.79. The molecule has 1 N–H and O–H groups in total. The molecule has 0 bridgehead atoms. The van der Waals surface area contributed by atoms with Crippen LogP contribution in [-0.4, -0.2) is 35.7 Å². The van der Waals surface area contributed by atoms with Crippen LogP contribution in [0.4, 0.5) is 24.8 Å². The van der Waals surface area contributed by atoms with Crippen molar-refractivity contribution in [2.75, 3.05) is 30.9 Å². The average molecular weight is 441 g/mol. The molecule has 166 valence electrons. The Morgan fingerprint density at radius 3 is 2.62 bits per heavy atom. The first-order valence-corrected chi connectivity index (χ1v) is 9.99. The standard InChI is InChI=1S/C23H22F3N5O/c1-13(15-6-4-7-17(19(15)24)20(25)26)30-21-18-10-14(11-31(2)22(18)29-12-28-21)16-8-5-9-27-23(16)32-3/h4-10,12-13,20H,11H2,1-3H3,(H,28,29,30)/t13-/m1/s1. The van der Waals surface area contributed by atoms with Crippen LogP contribution in [0.15, 0.2) is 42.9 Å². The van der Waals surface area contributed by atoms with Gasteiger partial charge in [-0.15, -0.1) is 0 Å². The molecule has 1 aliphatic heterocycles. The Labute approximate surface area is 183 Å². The van der Waals surface area contributed by atoms with Gasteiger partial charge in [0.15, 0.2) is 0 Å². The van der Waals surface area contributed by atoms with Crippen molar-refractivity contribution in [1.82, 2.24) is 15.0 Å². The molecule has 0 radical (unpaired) electrons. The van der Waals surface area contributed by atoms with Gasteiger partial charge >= 0.3 is 0 Å². The van der Waals surface area contributed by atoms with E-state index in [0.29, 0.717) is 29.6 Å². The van der Waals surface area contributed by atoms with Crippen LogP contribution in [0.2, 0.25) is 0 Å². The first kappa shape index (κ1) is 21.6. The number of alkyl halides is 2. The Morgan fingerprint density at radius 1 is 1.09 bits per heavy atom. The zero-order valence-corrected chi connectivity index (χ0v) is 17.8. The number of fused-ring (bicyclic) bond motifs is 1. The van der Waals surface area contributed by atoms with Crippen molar-refractivity contribution in [1.29, 1.82) is 0 Å². The fraction of sp³-hybridized carbons (Fsp3) is 0.261. The molecule has 32 heavy (non-hydrogen) atoms. The smallest absolute Gasteiger partial charge is 0.266 e. The minimum atomic E-state index is -2.89. The number of nitrogens with one attached hydrogen (secondary N) is 1. The summed E-state index contributed by atoms with van der Waals surface area (Å²) in [5.41, 5.74) is 2.01. The summed E-state index contributed by atoms with van der Waals surface area (Å²) in [5.74, 6) is 0.749. The fourth-order valence-electron chi connectivity index (χ4n) is 3.80. The van der Waals surface area contributed by atoms with Crippen LogP contribution in [0.1, 0.15) is 41.6 Å². The summed E-state index contributed by atoms with van der Waals surface area (Å²) >= 11 is 0. The second-order valence-corrected chi connectivity index (χ2v) is 7.46. The molecule has 1 atom stereocenters. The van der Waals surface area contributed by atoms with E-state index in [-0.39, 0.29) is 5.56 Å². The summed E-state index contributed by atoms with van der Waals surface area (Å²) in [6.07, 6.45) is 2.13. The van der Waals surface area contributed by atoms with Gasteiger partial charge in [0.1, 0.15) is 23.8 Å². The highest BCUT2D eigenvalue weighted by molar-refractivity contribution is 5.94. The molecular weight excluding hydrogens is 419 g/mol. The molecular formula is C23H22F3N5O. The fourth-order valence-corrected chi connectivity index (χ4v) is 3.80. The number of rotatable bonds is 6. The molecule has 0 saturated heterocycles. The maximum absolute atomic E-state index is 14.7. The number of methoxy groups -OCH3 is 1. The van der Waals surface area contributed by atoms with E-state index in [1.54, 1.807) is 20.2 Å². The quantitative estimate of drug-likeness (QED) is 0.573. The number of pyridine rings is 1. The molecule has 6 nitrogen and oxygen atoms in total. The molecule has 0 saturated carbocycles. The van der Waals surface area contributed by atoms with E-state index < -0.39 is 23.8 Å². The zero-order valence-electron chi connectivity index (χ0n) is 17.8. The molecule has 0 amide bonds. The van der Waals surface area contributed by atoms with Crippen molar-refractivity contribution in [3.05, 3.63) is 70.9 Å². The third-order valence-electron chi connectivity index (χ3n) is 5.37. The number of likely N-dealkylation sites (N-methyl/N-ethyl adjacent to an activating group) is 1. The number of hydrogen-bond donors (Lipinski definition) is 1. The summed E-state index contributed by atoms with van der Waals surface area (Å²) in [6, 6.07) is 7.14. The van der Waals surface area contributed by atoms with E-state index in [9.17, 15) is 13.2 Å². The van der Waals surface area contributed by atoms with E-state index in [1.165, 1.54) is 18.5 Å². The number of hydrogen-bond acceptors (Lipinski definition) is 6. The predicted octanol–water partition coefficient (Wildman–Crippen LogP) is 5.12. The highest BCUT2D eigenvalue weighted by Gasteiger charge is 2.25. The highest BCUT2D eigenvalue weighted by Crippen LogP contribution is 2.37. The first-order chi connectivity index (χ1) is 15.4. The van der Waals surface area contributed by atoms with Crippen LogP contribution in [0.3, 0.4) is 0 Å². The third kappa shape index (κ3) is 3.98. The number of nitrogens with zero attached hydrogens (tertiary/aromatic N) is 4. The summed E-state index contributed by atoms with van der Waals surface area (Å²) < 4.78 is 46.3. The summed E-state index contributed by atoms with van der Waals surface area (Å²) in [7, 11) is 3.47. The van der Waals surface area contributed by atoms with Gasteiger partial charge in [-0.1, -0.05) is 18.2 Å². The molecule has 2 aromatic heterocycles. The Morgan fingerprint density at radius 2 is 1.88 bits per heavy atom. The molecule has 0 fully saturated rings. The minimum absolute atomic E-state index is 0.137. The van der Waals surface area contributed by atoms with Gasteiger partial charge in [0.25, 0.3) is 6.43 Å². The number of anilines is 2. The molecule has 1 aliphatic rings. The summed E-state index contributed by atoms with van der Waals surface area (Å²) in [6.45, 7) is 2.27. The third-order valence-corrected chi connectivity index (χ3v) is 5.37. The minimum Gasteiger partial charge on any atom is -0.481 e. The molecule has 1 aromatic carbocycles. The van der Waals surface area contributed by atoms with Gasteiger partial charge in [-0.25, -0.2) is 28.1 Å². The van der Waals surface area contributed by atoms with E-state index in [1.807, 2.05) is 30.2 Å². The molecule has 3 heterocycles. The van der Waals surface area contributed by atoms with Gasteiger partial charge in [0.05, 0.1) is 24.3 Å². The van der Waals surface area contributed by atoms with Gasteiger partial charge < -0.3 is 15.0 Å². The number of ether oxygens (including phenoxy) is 1. The van der Waals surface area contributed by atoms with Crippen LogP contribution in [-0.2, 0) is 0 Å².